The van der Waals surface area contributed by atoms with Crippen LogP contribution in [0.5, 0.6) is 17.2 Å². The molecular formula is C21H18N2O4S. The molecule has 0 fully saturated rings. The summed E-state index contributed by atoms with van der Waals surface area (Å²) in [6.45, 7) is 0.180. The Balaban J connectivity index is 1.33. The molecule has 0 aliphatic carbocycles. The summed E-state index contributed by atoms with van der Waals surface area (Å²) in [4.78, 5) is 17.3. The summed E-state index contributed by atoms with van der Waals surface area (Å²) in [5, 5.41) is 12.6. The van der Waals surface area contributed by atoms with Crippen LogP contribution in [-0.4, -0.2) is 27.4 Å². The molecule has 0 saturated heterocycles. The molecule has 2 heterocycles. The van der Waals surface area contributed by atoms with Crippen molar-refractivity contribution in [1.82, 2.24) is 9.55 Å². The summed E-state index contributed by atoms with van der Waals surface area (Å²) in [6.07, 6.45) is 0.621. The van der Waals surface area contributed by atoms with Gasteiger partial charge in [0, 0.05) is 0 Å². The van der Waals surface area contributed by atoms with E-state index in [9.17, 15) is 9.90 Å². The van der Waals surface area contributed by atoms with Crippen molar-refractivity contribution in [2.24, 2.45) is 0 Å². The van der Waals surface area contributed by atoms with Crippen molar-refractivity contribution in [1.29, 1.82) is 0 Å². The van der Waals surface area contributed by atoms with Gasteiger partial charge >= 0.3 is 0 Å². The number of ether oxygens (including phenoxy) is 2. The minimum Gasteiger partial charge on any atom is -0.491 e. The van der Waals surface area contributed by atoms with Crippen molar-refractivity contribution in [3.05, 3.63) is 82.7 Å². The largest absolute Gasteiger partial charge is 0.491 e. The lowest BCUT2D eigenvalue weighted by molar-refractivity contribution is 0.0914. The van der Waals surface area contributed by atoms with E-state index in [0.717, 1.165) is 5.75 Å². The Kier molecular flexibility index (Phi) is 5.36. The van der Waals surface area contributed by atoms with Crippen molar-refractivity contribution in [2.75, 3.05) is 6.61 Å². The van der Waals surface area contributed by atoms with E-state index in [-0.39, 0.29) is 18.7 Å². The van der Waals surface area contributed by atoms with E-state index in [0.29, 0.717) is 21.7 Å². The second-order valence-corrected chi connectivity index (χ2v) is 7.09. The van der Waals surface area contributed by atoms with Crippen LogP contribution in [-0.2, 0) is 6.54 Å². The second kappa shape index (κ2) is 8.24. The Morgan fingerprint density at radius 2 is 1.71 bits per heavy atom. The number of aliphatic hydroxyl groups is 1. The van der Waals surface area contributed by atoms with E-state index < -0.39 is 6.10 Å². The first-order chi connectivity index (χ1) is 13.7. The normalized spacial score (nSPS) is 12.0. The molecule has 28 heavy (non-hydrogen) atoms. The number of fused-ring (bicyclic) bond motifs is 1. The molecule has 0 saturated carbocycles. The molecule has 0 spiro atoms. The summed E-state index contributed by atoms with van der Waals surface area (Å²) >= 11 is 1.42. The van der Waals surface area contributed by atoms with Crippen LogP contribution in [0.1, 0.15) is 0 Å². The minimum atomic E-state index is -0.837. The van der Waals surface area contributed by atoms with E-state index in [1.165, 1.54) is 22.2 Å². The van der Waals surface area contributed by atoms with Gasteiger partial charge in [0.05, 0.1) is 18.3 Å². The molecule has 0 amide bonds. The van der Waals surface area contributed by atoms with Gasteiger partial charge in [0.15, 0.2) is 0 Å². The molecule has 1 unspecified atom stereocenters. The van der Waals surface area contributed by atoms with Crippen LogP contribution in [0.25, 0.3) is 10.2 Å². The Morgan fingerprint density at radius 3 is 2.50 bits per heavy atom. The Labute approximate surface area is 165 Å². The zero-order valence-corrected chi connectivity index (χ0v) is 15.7. The zero-order chi connectivity index (χ0) is 19.3. The molecule has 4 aromatic rings. The molecule has 6 nitrogen and oxygen atoms in total. The maximum absolute atomic E-state index is 12.4. The van der Waals surface area contributed by atoms with Crippen LogP contribution >= 0.6 is 11.3 Å². The highest BCUT2D eigenvalue weighted by Gasteiger charge is 2.11. The molecule has 2 aromatic heterocycles. The third-order valence-electron chi connectivity index (χ3n) is 4.10. The van der Waals surface area contributed by atoms with Crippen LogP contribution in [0.3, 0.4) is 0 Å². The van der Waals surface area contributed by atoms with Crippen LogP contribution in [0, 0.1) is 0 Å². The number of thiophene rings is 1. The molecule has 7 heteroatoms. The predicted octanol–water partition coefficient (Wildman–Crippen LogP) is 3.69. The standard InChI is InChI=1S/C21H18N2O4S/c24-15(12-23-14-22-20-19(21(23)25)10-11-28-20)13-26-16-6-8-18(9-7-16)27-17-4-2-1-3-5-17/h1-11,14-15,24H,12-13H2. The monoisotopic (exact) mass is 394 g/mol. The number of aromatic nitrogens is 2. The lowest BCUT2D eigenvalue weighted by Crippen LogP contribution is -2.30. The molecule has 0 aliphatic rings. The quantitative estimate of drug-likeness (QED) is 0.518. The molecule has 0 aliphatic heterocycles. The van der Waals surface area contributed by atoms with Gasteiger partial charge < -0.3 is 14.6 Å². The van der Waals surface area contributed by atoms with E-state index in [1.807, 2.05) is 35.7 Å². The first-order valence-corrected chi connectivity index (χ1v) is 9.63. The first-order valence-electron chi connectivity index (χ1n) is 8.75. The predicted molar refractivity (Wildman–Crippen MR) is 108 cm³/mol. The molecule has 0 bridgehead atoms. The summed E-state index contributed by atoms with van der Waals surface area (Å²) in [7, 11) is 0. The molecule has 1 N–H and O–H groups in total. The van der Waals surface area contributed by atoms with Gasteiger partial charge in [-0.05, 0) is 47.8 Å². The fourth-order valence-electron chi connectivity index (χ4n) is 2.72. The fraction of sp³-hybridized carbons (Fsp3) is 0.143. The van der Waals surface area contributed by atoms with Crippen molar-refractivity contribution in [3.8, 4) is 17.2 Å². The van der Waals surface area contributed by atoms with Gasteiger partial charge in [-0.15, -0.1) is 11.3 Å². The highest BCUT2D eigenvalue weighted by Crippen LogP contribution is 2.23. The number of nitrogens with zero attached hydrogens (tertiary/aromatic N) is 2. The molecular weight excluding hydrogens is 376 g/mol. The fourth-order valence-corrected chi connectivity index (χ4v) is 3.45. The van der Waals surface area contributed by atoms with Crippen LogP contribution in [0.4, 0.5) is 0 Å². The van der Waals surface area contributed by atoms with Gasteiger partial charge in [-0.3, -0.25) is 9.36 Å². The summed E-state index contributed by atoms with van der Waals surface area (Å²) in [5.41, 5.74) is -0.160. The maximum Gasteiger partial charge on any atom is 0.262 e. The highest BCUT2D eigenvalue weighted by molar-refractivity contribution is 7.16. The van der Waals surface area contributed by atoms with Gasteiger partial charge in [-0.2, -0.15) is 0 Å². The average molecular weight is 394 g/mol. The first kappa shape index (κ1) is 18.2. The zero-order valence-electron chi connectivity index (χ0n) is 14.9. The number of rotatable bonds is 7. The van der Waals surface area contributed by atoms with Crippen LogP contribution in [0.2, 0.25) is 0 Å². The van der Waals surface area contributed by atoms with Gasteiger partial charge in [0.1, 0.15) is 34.8 Å². The van der Waals surface area contributed by atoms with Crippen LogP contribution < -0.4 is 15.0 Å². The van der Waals surface area contributed by atoms with Gasteiger partial charge in [-0.25, -0.2) is 4.98 Å². The third kappa shape index (κ3) is 4.21. The SMILES string of the molecule is O=c1c2ccsc2ncn1CC(O)COc1ccc(Oc2ccccc2)cc1. The molecule has 4 rings (SSSR count). The number of hydrogen-bond donors (Lipinski definition) is 1. The summed E-state index contributed by atoms with van der Waals surface area (Å²) < 4.78 is 12.8. The Hall–Kier alpha value is -3.16. The molecule has 0 radical (unpaired) electrons. The van der Waals surface area contributed by atoms with Gasteiger partial charge in [0.25, 0.3) is 5.56 Å². The smallest absolute Gasteiger partial charge is 0.262 e. The van der Waals surface area contributed by atoms with Gasteiger partial charge in [0.2, 0.25) is 0 Å². The second-order valence-electron chi connectivity index (χ2n) is 6.19. The van der Waals surface area contributed by atoms with E-state index in [1.54, 1.807) is 30.3 Å². The average Bonchev–Trinajstić information content (AvgIpc) is 3.20. The topological polar surface area (TPSA) is 73.6 Å². The number of benzene rings is 2. The number of para-hydroxylation sites is 1. The summed E-state index contributed by atoms with van der Waals surface area (Å²) in [5.74, 6) is 2.06. The summed E-state index contributed by atoms with van der Waals surface area (Å²) in [6, 6.07) is 18.4. The highest BCUT2D eigenvalue weighted by atomic mass is 32.1. The lowest BCUT2D eigenvalue weighted by atomic mass is 10.3. The third-order valence-corrected chi connectivity index (χ3v) is 4.92. The number of aliphatic hydroxyl groups excluding tert-OH is 1. The van der Waals surface area contributed by atoms with Crippen molar-refractivity contribution in [2.45, 2.75) is 12.6 Å². The molecule has 142 valence electrons. The maximum atomic E-state index is 12.4. The minimum absolute atomic E-state index is 0.0625. The van der Waals surface area contributed by atoms with E-state index in [4.69, 9.17) is 9.47 Å². The molecule has 2 aromatic carbocycles. The lowest BCUT2D eigenvalue weighted by Gasteiger charge is -2.14. The van der Waals surface area contributed by atoms with E-state index >= 15 is 0 Å². The Morgan fingerprint density at radius 1 is 1.00 bits per heavy atom. The number of hydrogen-bond acceptors (Lipinski definition) is 6. The van der Waals surface area contributed by atoms with Gasteiger partial charge in [-0.1, -0.05) is 18.2 Å². The van der Waals surface area contributed by atoms with Crippen LogP contribution in [0.15, 0.2) is 77.2 Å². The van der Waals surface area contributed by atoms with Crippen molar-refractivity contribution >= 4 is 21.6 Å². The van der Waals surface area contributed by atoms with E-state index in [2.05, 4.69) is 4.98 Å². The van der Waals surface area contributed by atoms with Crippen molar-refractivity contribution in [3.63, 3.8) is 0 Å². The Bertz CT molecular complexity index is 1110. The van der Waals surface area contributed by atoms with Crippen molar-refractivity contribution < 1.29 is 14.6 Å². The molecule has 1 atom stereocenters.